The summed E-state index contributed by atoms with van der Waals surface area (Å²) in [5.74, 6) is 0.781. The van der Waals surface area contributed by atoms with Crippen molar-refractivity contribution < 1.29 is 9.84 Å². The highest BCUT2D eigenvalue weighted by molar-refractivity contribution is 7.98. The molecule has 2 aromatic rings. The van der Waals surface area contributed by atoms with Crippen LogP contribution in [0.4, 0.5) is 0 Å². The summed E-state index contributed by atoms with van der Waals surface area (Å²) in [6.45, 7) is 0.853. The van der Waals surface area contributed by atoms with E-state index in [0.29, 0.717) is 12.1 Å². The lowest BCUT2D eigenvalue weighted by atomic mass is 9.80. The average Bonchev–Trinajstić information content (AvgIpc) is 2.92. The summed E-state index contributed by atoms with van der Waals surface area (Å²) in [7, 11) is 1.67. The van der Waals surface area contributed by atoms with Crippen molar-refractivity contribution in [2.24, 2.45) is 0 Å². The molecule has 5 nitrogen and oxygen atoms in total. The van der Waals surface area contributed by atoms with Gasteiger partial charge in [0.05, 0.1) is 12.7 Å². The third-order valence-electron chi connectivity index (χ3n) is 5.76. The summed E-state index contributed by atoms with van der Waals surface area (Å²) in [6, 6.07) is 8.63. The second-order valence-corrected chi connectivity index (χ2v) is 8.05. The smallest absolute Gasteiger partial charge is 0.187 e. The molecular formula is C20H25N3O2S. The van der Waals surface area contributed by atoms with Crippen LogP contribution in [0, 0.1) is 0 Å². The second kappa shape index (κ2) is 7.18. The van der Waals surface area contributed by atoms with Gasteiger partial charge in [0.2, 0.25) is 0 Å². The summed E-state index contributed by atoms with van der Waals surface area (Å²) in [5.41, 5.74) is 1.25. The van der Waals surface area contributed by atoms with Crippen molar-refractivity contribution in [1.82, 2.24) is 14.9 Å². The average molecular weight is 372 g/mol. The van der Waals surface area contributed by atoms with Crippen LogP contribution < -0.4 is 4.74 Å². The molecule has 2 bridgehead atoms. The van der Waals surface area contributed by atoms with Gasteiger partial charge in [-0.1, -0.05) is 30.0 Å². The van der Waals surface area contributed by atoms with Gasteiger partial charge in [-0.05, 0) is 38.0 Å². The molecule has 2 aliphatic rings. The third kappa shape index (κ3) is 3.21. The van der Waals surface area contributed by atoms with Crippen LogP contribution in [-0.2, 0) is 12.1 Å². The van der Waals surface area contributed by atoms with Crippen LogP contribution in [0.25, 0.3) is 0 Å². The van der Waals surface area contributed by atoms with Crippen molar-refractivity contribution in [1.29, 1.82) is 0 Å². The number of nitrogens with zero attached hydrogens (tertiary/aromatic N) is 3. The summed E-state index contributed by atoms with van der Waals surface area (Å²) in [6.07, 6.45) is 9.59. The minimum atomic E-state index is -0.811. The van der Waals surface area contributed by atoms with Crippen molar-refractivity contribution >= 4 is 11.8 Å². The summed E-state index contributed by atoms with van der Waals surface area (Å²) < 4.78 is 5.51. The lowest BCUT2D eigenvalue weighted by Crippen LogP contribution is -2.49. The molecule has 0 aliphatic carbocycles. The molecule has 2 fully saturated rings. The molecule has 26 heavy (non-hydrogen) atoms. The Bertz CT molecular complexity index is 754. The summed E-state index contributed by atoms with van der Waals surface area (Å²) >= 11 is 1.56. The predicted molar refractivity (Wildman–Crippen MR) is 102 cm³/mol. The van der Waals surface area contributed by atoms with Crippen LogP contribution in [0.2, 0.25) is 0 Å². The number of aromatic nitrogens is 2. The van der Waals surface area contributed by atoms with Crippen LogP contribution in [0.1, 0.15) is 36.8 Å². The molecular weight excluding hydrogens is 346 g/mol. The molecule has 0 saturated carbocycles. The fourth-order valence-corrected chi connectivity index (χ4v) is 4.88. The first-order valence-corrected chi connectivity index (χ1v) is 10.3. The van der Waals surface area contributed by atoms with E-state index in [2.05, 4.69) is 14.9 Å². The normalized spacial score (nSPS) is 28.3. The van der Waals surface area contributed by atoms with Crippen molar-refractivity contribution in [3.63, 3.8) is 0 Å². The van der Waals surface area contributed by atoms with E-state index in [-0.39, 0.29) is 0 Å². The van der Waals surface area contributed by atoms with Crippen LogP contribution in [0.5, 0.6) is 5.75 Å². The Morgan fingerprint density at radius 3 is 2.46 bits per heavy atom. The van der Waals surface area contributed by atoms with Crippen LogP contribution in [-0.4, -0.2) is 45.4 Å². The van der Waals surface area contributed by atoms with E-state index in [1.165, 1.54) is 0 Å². The van der Waals surface area contributed by atoms with E-state index < -0.39 is 5.60 Å². The van der Waals surface area contributed by atoms with Crippen LogP contribution >= 0.6 is 11.8 Å². The molecule has 3 heterocycles. The molecule has 0 spiro atoms. The number of benzene rings is 1. The lowest BCUT2D eigenvalue weighted by molar-refractivity contribution is -0.0607. The number of fused-ring (bicyclic) bond motifs is 2. The van der Waals surface area contributed by atoms with Gasteiger partial charge in [-0.3, -0.25) is 4.90 Å². The van der Waals surface area contributed by atoms with Gasteiger partial charge in [0.1, 0.15) is 5.75 Å². The van der Waals surface area contributed by atoms with Crippen LogP contribution in [0.3, 0.4) is 0 Å². The number of para-hydroxylation sites is 1. The molecule has 0 amide bonds. The Labute approximate surface area is 158 Å². The molecule has 0 radical (unpaired) electrons. The number of ether oxygens (including phenoxy) is 1. The van der Waals surface area contributed by atoms with E-state index in [0.717, 1.165) is 54.3 Å². The lowest BCUT2D eigenvalue weighted by Gasteiger charge is -2.44. The van der Waals surface area contributed by atoms with Crippen LogP contribution in [0.15, 0.2) is 41.8 Å². The highest BCUT2D eigenvalue weighted by Crippen LogP contribution is 2.48. The quantitative estimate of drug-likeness (QED) is 0.643. The Morgan fingerprint density at radius 2 is 1.85 bits per heavy atom. The Balaban J connectivity index is 1.53. The molecule has 2 aliphatic heterocycles. The van der Waals surface area contributed by atoms with Gasteiger partial charge in [-0.2, -0.15) is 0 Å². The maximum Gasteiger partial charge on any atom is 0.187 e. The number of aliphatic hydroxyl groups is 1. The third-order valence-corrected chi connectivity index (χ3v) is 6.33. The number of hydrogen-bond acceptors (Lipinski definition) is 6. The standard InChI is InChI=1S/C20H25N3O2S/c1-25-18-6-4-3-5-17(18)20(24)9-15-7-8-16(10-20)23(15)13-14-11-21-19(26-2)22-12-14/h3-6,11-12,15-16,24H,7-10,13H2,1-2H3/t15-,16-/m0/s1. The zero-order valence-electron chi connectivity index (χ0n) is 15.3. The molecule has 1 N–H and O–H groups in total. The van der Waals surface area contributed by atoms with E-state index in [9.17, 15) is 5.11 Å². The summed E-state index contributed by atoms with van der Waals surface area (Å²) in [4.78, 5) is 11.3. The zero-order chi connectivity index (χ0) is 18.1. The van der Waals surface area contributed by atoms with Gasteiger partial charge in [0, 0.05) is 42.1 Å². The Morgan fingerprint density at radius 1 is 1.19 bits per heavy atom. The molecule has 1 aromatic heterocycles. The van der Waals surface area contributed by atoms with Crippen molar-refractivity contribution in [3.05, 3.63) is 47.8 Å². The topological polar surface area (TPSA) is 58.5 Å². The van der Waals surface area contributed by atoms with Crippen molar-refractivity contribution in [3.8, 4) is 5.75 Å². The molecule has 2 saturated heterocycles. The summed E-state index contributed by atoms with van der Waals surface area (Å²) in [5, 5.41) is 12.3. The van der Waals surface area contributed by atoms with Gasteiger partial charge in [-0.15, -0.1) is 0 Å². The number of rotatable bonds is 5. The van der Waals surface area contributed by atoms with E-state index in [1.807, 2.05) is 42.9 Å². The van der Waals surface area contributed by atoms with Crippen molar-refractivity contribution in [2.45, 2.75) is 55.1 Å². The first-order valence-electron chi connectivity index (χ1n) is 9.09. The largest absolute Gasteiger partial charge is 0.496 e. The zero-order valence-corrected chi connectivity index (χ0v) is 16.1. The molecule has 0 unspecified atom stereocenters. The first kappa shape index (κ1) is 17.8. The molecule has 1 aromatic carbocycles. The number of hydrogen-bond donors (Lipinski definition) is 1. The fourth-order valence-electron chi connectivity index (χ4n) is 4.56. The Kier molecular flexibility index (Phi) is 4.90. The minimum Gasteiger partial charge on any atom is -0.496 e. The molecule has 2 atom stereocenters. The van der Waals surface area contributed by atoms with E-state index in [1.54, 1.807) is 18.9 Å². The molecule has 6 heteroatoms. The number of thioether (sulfide) groups is 1. The first-order chi connectivity index (χ1) is 12.6. The predicted octanol–water partition coefficient (Wildman–Crippen LogP) is 3.22. The fraction of sp³-hybridized carbons (Fsp3) is 0.500. The van der Waals surface area contributed by atoms with Gasteiger partial charge in [-0.25, -0.2) is 9.97 Å². The second-order valence-electron chi connectivity index (χ2n) is 7.28. The maximum atomic E-state index is 11.5. The maximum absolute atomic E-state index is 11.5. The van der Waals surface area contributed by atoms with Gasteiger partial charge in [0.15, 0.2) is 5.16 Å². The van der Waals surface area contributed by atoms with E-state index in [4.69, 9.17) is 4.74 Å². The van der Waals surface area contributed by atoms with Gasteiger partial charge in [0.25, 0.3) is 0 Å². The SMILES string of the molecule is COc1ccccc1C1(O)C[C@@H]2CC[C@@H](C1)N2Cc1cnc(SC)nc1. The number of methoxy groups -OCH3 is 1. The van der Waals surface area contributed by atoms with Crippen molar-refractivity contribution in [2.75, 3.05) is 13.4 Å². The molecule has 4 rings (SSSR count). The van der Waals surface area contributed by atoms with Gasteiger partial charge < -0.3 is 9.84 Å². The minimum absolute atomic E-state index is 0.379. The highest BCUT2D eigenvalue weighted by atomic mass is 32.2. The molecule has 138 valence electrons. The highest BCUT2D eigenvalue weighted by Gasteiger charge is 2.49. The number of piperidine rings is 1. The monoisotopic (exact) mass is 371 g/mol. The van der Waals surface area contributed by atoms with E-state index >= 15 is 0 Å². The Hall–Kier alpha value is -1.63. The van der Waals surface area contributed by atoms with Gasteiger partial charge >= 0.3 is 0 Å².